The molecule has 1 N–H and O–H groups in total. The maximum absolute atomic E-state index is 10.1. The molecule has 0 spiro atoms. The Balaban J connectivity index is 0.000000421. The SMILES string of the molecule is CCC[N+](CCC)(CCC)CCC.O=P12[O][Al]([O]1)[O]2.[OH-]. The van der Waals surface area contributed by atoms with Crippen molar-refractivity contribution in [3.63, 3.8) is 0 Å². The molecular formula is C12H29AlNO5P. The molecule has 0 amide bonds. The van der Waals surface area contributed by atoms with E-state index in [9.17, 15) is 4.57 Å². The van der Waals surface area contributed by atoms with Crippen LogP contribution in [-0.2, 0) is 15.3 Å². The molecule has 3 rings (SSSR count). The molecule has 3 heterocycles. The van der Waals surface area contributed by atoms with Gasteiger partial charge in [0.2, 0.25) is 0 Å². The van der Waals surface area contributed by atoms with Gasteiger partial charge in [0.15, 0.2) is 0 Å². The van der Waals surface area contributed by atoms with Crippen LogP contribution in [0.4, 0.5) is 0 Å². The Kier molecular flexibility index (Phi) is 9.82. The molecule has 0 atom stereocenters. The number of hydrogen-bond acceptors (Lipinski definition) is 5. The van der Waals surface area contributed by atoms with Gasteiger partial charge in [0.25, 0.3) is 0 Å². The molecular weight excluding hydrogens is 296 g/mol. The lowest BCUT2D eigenvalue weighted by atomic mass is 10.2. The van der Waals surface area contributed by atoms with Crippen LogP contribution >= 0.6 is 7.82 Å². The first-order valence-corrected chi connectivity index (χ1v) is 10.4. The quantitative estimate of drug-likeness (QED) is 0.388. The summed E-state index contributed by atoms with van der Waals surface area (Å²) in [6.45, 7) is 14.8. The molecule has 8 heteroatoms. The number of rotatable bonds is 8. The maximum atomic E-state index is 10.1. The van der Waals surface area contributed by atoms with E-state index in [0.717, 1.165) is 0 Å². The molecule has 0 aromatic heterocycles. The Morgan fingerprint density at radius 1 is 0.800 bits per heavy atom. The molecule has 120 valence electrons. The smallest absolute Gasteiger partial charge is 0.870 e. The van der Waals surface area contributed by atoms with Gasteiger partial charge in [-0.2, -0.15) is 0 Å². The van der Waals surface area contributed by atoms with Crippen molar-refractivity contribution in [1.82, 2.24) is 0 Å². The summed E-state index contributed by atoms with van der Waals surface area (Å²) >= 11 is -1.66. The summed E-state index contributed by atoms with van der Waals surface area (Å²) in [7, 11) is -2.76. The standard InChI is InChI=1S/C12H28N.Al.H3O4P.H2O/c1-5-9-13(10-6-2,11-7-3)12-8-4;;1-5(2,3)4;/h5-12H2,1-4H3;;(H3,1,2,3,4);1H2/q+1;+3;;/p-4. The molecule has 3 aliphatic rings. The zero-order valence-electron chi connectivity index (χ0n) is 13.2. The average molecular weight is 325 g/mol. The first kappa shape index (κ1) is 20.6. The van der Waals surface area contributed by atoms with Gasteiger partial charge >= 0.3 is 23.0 Å². The molecule has 0 aromatic carbocycles. The maximum Gasteiger partial charge on any atom is 0.931 e. The van der Waals surface area contributed by atoms with Gasteiger partial charge in [-0.05, 0) is 25.7 Å². The van der Waals surface area contributed by atoms with Crippen LogP contribution in [0.25, 0.3) is 0 Å². The molecule has 0 aromatic rings. The van der Waals surface area contributed by atoms with Crippen LogP contribution in [0.5, 0.6) is 0 Å². The highest BCUT2D eigenvalue weighted by atomic mass is 31.2. The van der Waals surface area contributed by atoms with Crippen molar-refractivity contribution in [1.29, 1.82) is 0 Å². The lowest BCUT2D eigenvalue weighted by Gasteiger charge is -2.42. The zero-order valence-corrected chi connectivity index (χ0v) is 15.3. The van der Waals surface area contributed by atoms with E-state index in [1.807, 2.05) is 0 Å². The zero-order chi connectivity index (χ0) is 14.4. The van der Waals surface area contributed by atoms with Gasteiger partial charge in [0.05, 0.1) is 26.2 Å². The molecule has 0 saturated carbocycles. The summed E-state index contributed by atoms with van der Waals surface area (Å²) in [5.74, 6) is 0. The van der Waals surface area contributed by atoms with Gasteiger partial charge in [-0.3, -0.25) is 0 Å². The van der Waals surface area contributed by atoms with E-state index in [1.165, 1.54) is 56.3 Å². The molecule has 3 saturated heterocycles. The molecule has 2 bridgehead atoms. The number of phosphoric acid groups is 1. The summed E-state index contributed by atoms with van der Waals surface area (Å²) in [5, 5.41) is 0. The van der Waals surface area contributed by atoms with E-state index in [-0.39, 0.29) is 5.48 Å². The Bertz CT molecular complexity index is 265. The fraction of sp³-hybridized carbons (Fsp3) is 1.00. The van der Waals surface area contributed by atoms with Crippen LogP contribution in [0.2, 0.25) is 0 Å². The van der Waals surface area contributed by atoms with Crippen LogP contribution in [0.3, 0.4) is 0 Å². The van der Waals surface area contributed by atoms with E-state index in [0.29, 0.717) is 0 Å². The molecule has 0 radical (unpaired) electrons. The van der Waals surface area contributed by atoms with E-state index < -0.39 is 23.0 Å². The summed E-state index contributed by atoms with van der Waals surface area (Å²) in [4.78, 5) is 0. The minimum atomic E-state index is -2.76. The Morgan fingerprint density at radius 2 is 1.05 bits per heavy atom. The molecule has 6 nitrogen and oxygen atoms in total. The first-order chi connectivity index (χ1) is 9.03. The van der Waals surface area contributed by atoms with Crippen molar-refractivity contribution in [2.75, 3.05) is 26.2 Å². The predicted molar refractivity (Wildman–Crippen MR) is 79.4 cm³/mol. The van der Waals surface area contributed by atoms with Crippen molar-refractivity contribution >= 4 is 23.0 Å². The van der Waals surface area contributed by atoms with Gasteiger partial charge < -0.3 is 20.7 Å². The summed E-state index contributed by atoms with van der Waals surface area (Å²) in [6, 6.07) is 0. The van der Waals surface area contributed by atoms with Gasteiger partial charge in [0, 0.05) is 0 Å². The van der Waals surface area contributed by atoms with Crippen molar-refractivity contribution < 1.29 is 25.3 Å². The Labute approximate surface area is 128 Å². The molecule has 3 aliphatic heterocycles. The van der Waals surface area contributed by atoms with Crippen molar-refractivity contribution in [2.45, 2.75) is 53.4 Å². The van der Waals surface area contributed by atoms with Crippen molar-refractivity contribution in [3.05, 3.63) is 0 Å². The van der Waals surface area contributed by atoms with Crippen LogP contribution in [0.15, 0.2) is 0 Å². The summed E-state index contributed by atoms with van der Waals surface area (Å²) < 4.78 is 24.9. The normalized spacial score (nSPS) is 18.1. The molecule has 0 unspecified atom stereocenters. The Hall–Kier alpha value is 0.562. The van der Waals surface area contributed by atoms with Crippen LogP contribution < -0.4 is 0 Å². The minimum absolute atomic E-state index is 0. The summed E-state index contributed by atoms with van der Waals surface area (Å²) in [6.07, 6.45) is 5.33. The third kappa shape index (κ3) is 5.75. The Morgan fingerprint density at radius 3 is 1.15 bits per heavy atom. The van der Waals surface area contributed by atoms with E-state index in [2.05, 4.69) is 38.4 Å². The number of quaternary nitrogens is 1. The van der Waals surface area contributed by atoms with E-state index in [1.54, 1.807) is 0 Å². The fourth-order valence-electron chi connectivity index (χ4n) is 2.91. The van der Waals surface area contributed by atoms with E-state index >= 15 is 0 Å². The molecule has 0 aliphatic carbocycles. The van der Waals surface area contributed by atoms with Gasteiger partial charge in [-0.25, -0.2) is 4.57 Å². The number of nitrogens with zero attached hydrogens (tertiary/aromatic N) is 1. The molecule has 20 heavy (non-hydrogen) atoms. The topological polar surface area (TPSA) is 74.8 Å². The lowest BCUT2D eigenvalue weighted by Crippen LogP contribution is -2.50. The second-order valence-electron chi connectivity index (χ2n) is 5.29. The highest BCUT2D eigenvalue weighted by Gasteiger charge is 2.72. The van der Waals surface area contributed by atoms with Crippen molar-refractivity contribution in [3.8, 4) is 0 Å². The van der Waals surface area contributed by atoms with Gasteiger partial charge in [-0.15, -0.1) is 0 Å². The largest absolute Gasteiger partial charge is 0.931 e. The van der Waals surface area contributed by atoms with Crippen LogP contribution in [0, 0.1) is 0 Å². The van der Waals surface area contributed by atoms with Gasteiger partial charge in [-0.1, -0.05) is 27.7 Å². The van der Waals surface area contributed by atoms with Crippen LogP contribution in [0.1, 0.15) is 53.4 Å². The molecule has 3 fully saturated rings. The first-order valence-electron chi connectivity index (χ1n) is 7.53. The summed E-state index contributed by atoms with van der Waals surface area (Å²) in [5.41, 5.74) is 0. The second kappa shape index (κ2) is 9.55. The number of hydrogen-bond donors (Lipinski definition) is 0. The highest BCUT2D eigenvalue weighted by molar-refractivity contribution is 7.61. The van der Waals surface area contributed by atoms with Crippen molar-refractivity contribution in [2.24, 2.45) is 0 Å². The minimum Gasteiger partial charge on any atom is -0.870 e. The van der Waals surface area contributed by atoms with Gasteiger partial charge in [0.1, 0.15) is 0 Å². The highest BCUT2D eigenvalue weighted by Crippen LogP contribution is 2.71. The third-order valence-corrected chi connectivity index (χ3v) is 8.60. The lowest BCUT2D eigenvalue weighted by molar-refractivity contribution is -0.928. The third-order valence-electron chi connectivity index (χ3n) is 3.44. The van der Waals surface area contributed by atoms with Crippen LogP contribution in [-0.4, -0.2) is 51.3 Å². The predicted octanol–water partition coefficient (Wildman–Crippen LogP) is 3.42. The van der Waals surface area contributed by atoms with E-state index in [4.69, 9.17) is 0 Å². The average Bonchev–Trinajstić information content (AvgIpc) is 2.27. The fourth-order valence-corrected chi connectivity index (χ4v) is 5.63. The monoisotopic (exact) mass is 325 g/mol. The second-order valence-corrected chi connectivity index (χ2v) is 9.29.